The lowest BCUT2D eigenvalue weighted by molar-refractivity contribution is -0.229. The van der Waals surface area contributed by atoms with E-state index in [0.29, 0.717) is 61.6 Å². The summed E-state index contributed by atoms with van der Waals surface area (Å²) < 4.78 is 20.3. The second-order valence-electron chi connectivity index (χ2n) is 17.9. The molecule has 8 rings (SSSR count). The number of rotatable bonds is 3. The van der Waals surface area contributed by atoms with Crippen molar-refractivity contribution in [1.29, 1.82) is 0 Å². The van der Waals surface area contributed by atoms with Crippen LogP contribution in [0, 0.1) is 35.5 Å². The molecule has 7 fully saturated rings. The Kier molecular flexibility index (Phi) is 10.4. The van der Waals surface area contributed by atoms with Crippen molar-refractivity contribution in [1.82, 2.24) is 10.2 Å². The highest BCUT2D eigenvalue weighted by molar-refractivity contribution is 8.77. The van der Waals surface area contributed by atoms with Gasteiger partial charge in [-0.15, -0.1) is 0 Å². The molecule has 9 nitrogen and oxygen atoms in total. The molecular weight excluding hydrogens is 695 g/mol. The Morgan fingerprint density at radius 3 is 2.71 bits per heavy atom. The highest BCUT2D eigenvalue weighted by Gasteiger charge is 2.68. The van der Waals surface area contributed by atoms with Crippen LogP contribution in [0.5, 0.6) is 0 Å². The number of hydrogen-bond donors (Lipinski definition) is 2. The highest BCUT2D eigenvalue weighted by atomic mass is 33.1. The van der Waals surface area contributed by atoms with Gasteiger partial charge in [0.15, 0.2) is 0 Å². The number of piperidine rings is 1. The molecule has 5 heterocycles. The molecule has 11 heteroatoms. The SMILES string of the molecule is CC=C(C)C(=O)OC1(C)CC=C2CSSC3(CCCCC3)C3C(CC)CN3C(=O)CC3CNC(N)CC3C2C12CC1CC3CCC(=O)OC3CC1O2. The standard InChI is InChI=1S/C41H61N3O6S2/c1-5-24(3)38(47)50-39(4)15-12-27-23-51-52-40(13-8-7-9-14-40)37-25(6-2)22-44(37)34(45)17-29-21-43-33(42)18-30(29)36(27)41(39)20-28-16-26-10-11-35(46)48-31(26)19-32(28)49-41/h5,12,25-26,28-33,36-37,43H,6-11,13-23,42H2,1-4H3. The van der Waals surface area contributed by atoms with Crippen LogP contribution in [0.15, 0.2) is 23.3 Å². The number of allylic oxidation sites excluding steroid dienone is 1. The van der Waals surface area contributed by atoms with E-state index >= 15 is 0 Å². The quantitative estimate of drug-likeness (QED) is 0.140. The summed E-state index contributed by atoms with van der Waals surface area (Å²) in [6.45, 7) is 9.66. The Balaban J connectivity index is 1.22. The van der Waals surface area contributed by atoms with E-state index in [2.05, 4.69) is 40.9 Å². The molecule has 52 heavy (non-hydrogen) atoms. The van der Waals surface area contributed by atoms with Crippen LogP contribution in [-0.4, -0.2) is 82.0 Å². The predicted molar refractivity (Wildman–Crippen MR) is 205 cm³/mol. The van der Waals surface area contributed by atoms with Crippen molar-refractivity contribution in [3.63, 3.8) is 0 Å². The van der Waals surface area contributed by atoms with Crippen molar-refractivity contribution in [2.24, 2.45) is 41.2 Å². The third-order valence-corrected chi connectivity index (χ3v) is 18.3. The Morgan fingerprint density at radius 1 is 1.13 bits per heavy atom. The number of carbonyl (C=O) groups is 3. The lowest BCUT2D eigenvalue weighted by atomic mass is 9.56. The molecule has 5 saturated heterocycles. The maximum Gasteiger partial charge on any atom is 0.334 e. The van der Waals surface area contributed by atoms with Crippen molar-refractivity contribution in [3.05, 3.63) is 23.3 Å². The summed E-state index contributed by atoms with van der Waals surface area (Å²) in [5, 5.41) is 3.57. The van der Waals surface area contributed by atoms with Crippen molar-refractivity contribution < 1.29 is 28.6 Å². The molecule has 12 unspecified atom stereocenters. The largest absolute Gasteiger partial charge is 0.462 e. The minimum absolute atomic E-state index is 0.0724. The van der Waals surface area contributed by atoms with Gasteiger partial charge in [0.1, 0.15) is 17.3 Å². The molecular formula is C41H61N3O6S2. The normalized spacial score (nSPS) is 44.8. The van der Waals surface area contributed by atoms with Gasteiger partial charge in [-0.1, -0.05) is 65.5 Å². The molecule has 288 valence electrons. The number of hydrogen-bond acceptors (Lipinski definition) is 10. The van der Waals surface area contributed by atoms with Gasteiger partial charge in [-0.05, 0) is 95.3 Å². The maximum atomic E-state index is 14.6. The molecule has 0 aromatic rings. The second kappa shape index (κ2) is 14.5. The van der Waals surface area contributed by atoms with Gasteiger partial charge < -0.3 is 30.2 Å². The predicted octanol–water partition coefficient (Wildman–Crippen LogP) is 6.70. The number of carbonyl (C=O) groups excluding carboxylic acids is 3. The number of nitrogens with two attached hydrogens (primary N) is 1. The zero-order valence-corrected chi connectivity index (χ0v) is 33.4. The molecule has 2 spiro atoms. The summed E-state index contributed by atoms with van der Waals surface area (Å²) in [4.78, 5) is 43.1. The molecule has 5 aliphatic heterocycles. The monoisotopic (exact) mass is 755 g/mol. The molecule has 3 N–H and O–H groups in total. The van der Waals surface area contributed by atoms with E-state index in [-0.39, 0.29) is 58.7 Å². The van der Waals surface area contributed by atoms with Gasteiger partial charge in [0.05, 0.1) is 18.3 Å². The van der Waals surface area contributed by atoms with E-state index in [1.54, 1.807) is 0 Å². The maximum absolute atomic E-state index is 14.6. The lowest BCUT2D eigenvalue weighted by Crippen LogP contribution is -2.68. The van der Waals surface area contributed by atoms with Crippen LogP contribution >= 0.6 is 21.6 Å². The number of ether oxygens (including phenoxy) is 3. The number of nitrogens with one attached hydrogen (secondary N) is 1. The molecule has 1 amide bonds. The topological polar surface area (TPSA) is 120 Å². The Bertz CT molecular complexity index is 1480. The molecule has 2 saturated carbocycles. The van der Waals surface area contributed by atoms with Crippen LogP contribution in [0.25, 0.3) is 0 Å². The first-order valence-corrected chi connectivity index (χ1v) is 22.8. The molecule has 0 aromatic heterocycles. The van der Waals surface area contributed by atoms with E-state index in [1.165, 1.54) is 37.7 Å². The van der Waals surface area contributed by atoms with Gasteiger partial charge in [0.25, 0.3) is 0 Å². The van der Waals surface area contributed by atoms with Crippen molar-refractivity contribution in [3.8, 4) is 0 Å². The summed E-state index contributed by atoms with van der Waals surface area (Å²) in [6.07, 6.45) is 16.5. The third-order valence-electron chi connectivity index (χ3n) is 15.1. The first-order chi connectivity index (χ1) is 25.0. The summed E-state index contributed by atoms with van der Waals surface area (Å²) >= 11 is 0. The van der Waals surface area contributed by atoms with Crippen LogP contribution in [0.2, 0.25) is 0 Å². The third kappa shape index (κ3) is 6.32. The lowest BCUT2D eigenvalue weighted by Gasteiger charge is -2.59. The second-order valence-corrected chi connectivity index (χ2v) is 20.6. The van der Waals surface area contributed by atoms with Gasteiger partial charge in [-0.2, -0.15) is 0 Å². The van der Waals surface area contributed by atoms with E-state index in [9.17, 15) is 14.4 Å². The van der Waals surface area contributed by atoms with Crippen LogP contribution in [0.4, 0.5) is 0 Å². The van der Waals surface area contributed by atoms with E-state index in [0.717, 1.165) is 44.4 Å². The first kappa shape index (κ1) is 37.4. The highest BCUT2D eigenvalue weighted by Crippen LogP contribution is 2.63. The number of esters is 2. The zero-order chi connectivity index (χ0) is 36.4. The van der Waals surface area contributed by atoms with Gasteiger partial charge in [-0.3, -0.25) is 9.59 Å². The summed E-state index contributed by atoms with van der Waals surface area (Å²) in [5.41, 5.74) is 7.02. The Labute approximate surface area is 318 Å². The van der Waals surface area contributed by atoms with E-state index in [1.807, 2.05) is 30.7 Å². The number of nitrogens with zero attached hydrogens (tertiary/aromatic N) is 1. The smallest absolute Gasteiger partial charge is 0.334 e. The minimum atomic E-state index is -0.929. The summed E-state index contributed by atoms with van der Waals surface area (Å²) in [5.74, 6) is 2.00. The fraction of sp³-hybridized carbons (Fsp3) is 0.829. The summed E-state index contributed by atoms with van der Waals surface area (Å²) in [6, 6.07) is 0.304. The van der Waals surface area contributed by atoms with Crippen molar-refractivity contribution >= 4 is 39.4 Å². The fourth-order valence-corrected chi connectivity index (χ4v) is 15.8. The molecule has 0 bridgehead atoms. The van der Waals surface area contributed by atoms with E-state index in [4.69, 9.17) is 19.9 Å². The van der Waals surface area contributed by atoms with Crippen molar-refractivity contribution in [2.45, 2.75) is 158 Å². The number of fused-ring (bicyclic) bond motifs is 8. The van der Waals surface area contributed by atoms with Crippen LogP contribution in [0.1, 0.15) is 118 Å². The molecule has 3 aliphatic carbocycles. The molecule has 12 atom stereocenters. The van der Waals surface area contributed by atoms with Gasteiger partial charge in [0, 0.05) is 60.8 Å². The Morgan fingerprint density at radius 2 is 1.94 bits per heavy atom. The molecule has 8 aliphatic rings. The summed E-state index contributed by atoms with van der Waals surface area (Å²) in [7, 11) is 4.07. The van der Waals surface area contributed by atoms with E-state index < -0.39 is 11.2 Å². The Hall–Kier alpha value is -1.53. The van der Waals surface area contributed by atoms with Crippen molar-refractivity contribution in [2.75, 3.05) is 18.8 Å². The number of amides is 1. The molecule has 0 aromatic carbocycles. The van der Waals surface area contributed by atoms with Gasteiger partial charge in [0.2, 0.25) is 5.91 Å². The first-order valence-electron chi connectivity index (χ1n) is 20.5. The average Bonchev–Trinajstić information content (AvgIpc) is 3.48. The minimum Gasteiger partial charge on any atom is -0.462 e. The fourth-order valence-electron chi connectivity index (χ4n) is 12.1. The van der Waals surface area contributed by atoms with Gasteiger partial charge >= 0.3 is 11.9 Å². The van der Waals surface area contributed by atoms with Crippen LogP contribution in [-0.2, 0) is 28.6 Å². The molecule has 0 radical (unpaired) electrons. The van der Waals surface area contributed by atoms with Gasteiger partial charge in [-0.25, -0.2) is 4.79 Å². The van der Waals surface area contributed by atoms with Crippen LogP contribution in [0.3, 0.4) is 0 Å². The average molecular weight is 756 g/mol. The zero-order valence-electron chi connectivity index (χ0n) is 31.7. The van der Waals surface area contributed by atoms with Crippen LogP contribution < -0.4 is 11.1 Å².